The number of nitrogens with one attached hydrogen (secondary N) is 2. The largest absolute Gasteiger partial charge is 0.316 e. The van der Waals surface area contributed by atoms with Crippen LogP contribution in [0.5, 0.6) is 0 Å². The van der Waals surface area contributed by atoms with Gasteiger partial charge in [-0.05, 0) is 57.0 Å². The van der Waals surface area contributed by atoms with Crippen LogP contribution in [0, 0.1) is 0 Å². The highest BCUT2D eigenvalue weighted by atomic mass is 32.2. The van der Waals surface area contributed by atoms with Crippen LogP contribution in [0.25, 0.3) is 0 Å². The van der Waals surface area contributed by atoms with E-state index in [1.54, 1.807) is 6.07 Å². The molecule has 2 rings (SSSR count). The normalized spacial score (nSPS) is 18.8. The molecular weight excluding hydrogens is 282 g/mol. The number of nitrogens with zero attached hydrogens (tertiary/aromatic N) is 1. The van der Waals surface area contributed by atoms with E-state index in [0.717, 1.165) is 31.5 Å². The number of thiophene rings is 1. The first-order chi connectivity index (χ1) is 9.01. The number of rotatable bonds is 5. The van der Waals surface area contributed by atoms with Crippen molar-refractivity contribution in [3.8, 4) is 0 Å². The van der Waals surface area contributed by atoms with Crippen molar-refractivity contribution in [1.29, 1.82) is 0 Å². The van der Waals surface area contributed by atoms with Crippen molar-refractivity contribution in [1.82, 2.24) is 14.9 Å². The van der Waals surface area contributed by atoms with Gasteiger partial charge in [0.25, 0.3) is 0 Å². The third-order valence-corrected chi connectivity index (χ3v) is 6.32. The predicted octanol–water partition coefficient (Wildman–Crippen LogP) is 0.840. The molecule has 1 aliphatic heterocycles. The van der Waals surface area contributed by atoms with E-state index in [2.05, 4.69) is 22.0 Å². The lowest BCUT2D eigenvalue weighted by Gasteiger charge is -2.29. The first-order valence-electron chi connectivity index (χ1n) is 6.44. The second kappa shape index (κ2) is 6.32. The fourth-order valence-corrected chi connectivity index (χ4v) is 4.73. The third kappa shape index (κ3) is 4.00. The van der Waals surface area contributed by atoms with Crippen LogP contribution in [0.3, 0.4) is 0 Å². The molecule has 0 unspecified atom stereocenters. The molecular formula is C12H21N3O2S2. The van der Waals surface area contributed by atoms with Crippen LogP contribution >= 0.6 is 11.3 Å². The Bertz CT molecular complexity index is 505. The highest BCUT2D eigenvalue weighted by Crippen LogP contribution is 2.21. The highest BCUT2D eigenvalue weighted by Gasteiger charge is 2.24. The van der Waals surface area contributed by atoms with Crippen LogP contribution in [0.1, 0.15) is 18.4 Å². The fraction of sp³-hybridized carbons (Fsp3) is 0.667. The van der Waals surface area contributed by atoms with Crippen molar-refractivity contribution in [3.05, 3.63) is 17.0 Å². The van der Waals surface area contributed by atoms with Crippen molar-refractivity contribution < 1.29 is 8.42 Å². The molecule has 0 bridgehead atoms. The van der Waals surface area contributed by atoms with Gasteiger partial charge in [0, 0.05) is 12.6 Å². The topological polar surface area (TPSA) is 61.4 Å². The average Bonchev–Trinajstić information content (AvgIpc) is 2.82. The van der Waals surface area contributed by atoms with Crippen molar-refractivity contribution >= 4 is 21.4 Å². The fourth-order valence-electron chi connectivity index (χ4n) is 2.19. The molecule has 2 N–H and O–H groups in total. The number of piperidine rings is 1. The third-order valence-electron chi connectivity index (χ3n) is 3.32. The number of hydrogen-bond acceptors (Lipinski definition) is 5. The Morgan fingerprint density at radius 1 is 1.42 bits per heavy atom. The summed E-state index contributed by atoms with van der Waals surface area (Å²) in [5.74, 6) is 0. The van der Waals surface area contributed by atoms with Crippen molar-refractivity contribution in [2.75, 3.05) is 27.2 Å². The zero-order valence-corrected chi connectivity index (χ0v) is 13.0. The Morgan fingerprint density at radius 3 is 2.74 bits per heavy atom. The predicted molar refractivity (Wildman–Crippen MR) is 77.9 cm³/mol. The van der Waals surface area contributed by atoms with Crippen molar-refractivity contribution in [2.24, 2.45) is 0 Å². The minimum absolute atomic E-state index is 0.0658. The SMILES string of the molecule is CNCc1csc(S(=O)(=O)NC2CCN(C)CC2)c1. The first-order valence-corrected chi connectivity index (χ1v) is 8.80. The minimum Gasteiger partial charge on any atom is -0.316 e. The van der Waals surface area contributed by atoms with Crippen LogP contribution in [0.4, 0.5) is 0 Å². The smallest absolute Gasteiger partial charge is 0.250 e. The van der Waals surface area contributed by atoms with Crippen molar-refractivity contribution in [3.63, 3.8) is 0 Å². The van der Waals surface area contributed by atoms with Gasteiger partial charge >= 0.3 is 0 Å². The van der Waals surface area contributed by atoms with Gasteiger partial charge in [-0.25, -0.2) is 13.1 Å². The Kier molecular flexibility index (Phi) is 4.97. The molecule has 0 aliphatic carbocycles. The summed E-state index contributed by atoms with van der Waals surface area (Å²) in [6.45, 7) is 2.59. The Morgan fingerprint density at radius 2 is 2.11 bits per heavy atom. The summed E-state index contributed by atoms with van der Waals surface area (Å²) < 4.78 is 27.8. The Balaban J connectivity index is 2.01. The zero-order valence-electron chi connectivity index (χ0n) is 11.3. The molecule has 5 nitrogen and oxygen atoms in total. The van der Waals surface area contributed by atoms with E-state index >= 15 is 0 Å². The highest BCUT2D eigenvalue weighted by molar-refractivity contribution is 7.91. The second-order valence-electron chi connectivity index (χ2n) is 5.00. The van der Waals surface area contributed by atoms with Gasteiger partial charge in [-0.15, -0.1) is 11.3 Å². The average molecular weight is 303 g/mol. The lowest BCUT2D eigenvalue weighted by atomic mass is 10.1. The van der Waals surface area contributed by atoms with E-state index < -0.39 is 10.0 Å². The molecule has 1 aromatic heterocycles. The van der Waals surface area contributed by atoms with Gasteiger partial charge < -0.3 is 10.2 Å². The standard InChI is InChI=1S/C12H21N3O2S2/c1-13-8-10-7-12(18-9-10)19(16,17)14-11-3-5-15(2)6-4-11/h7,9,11,13-14H,3-6,8H2,1-2H3. The minimum atomic E-state index is -3.35. The van der Waals surface area contributed by atoms with Crippen molar-refractivity contribution in [2.45, 2.75) is 29.6 Å². The molecule has 0 spiro atoms. The number of hydrogen-bond donors (Lipinski definition) is 2. The van der Waals surface area contributed by atoms with Crippen LogP contribution in [0.2, 0.25) is 0 Å². The van der Waals surface area contributed by atoms with Crippen LogP contribution < -0.4 is 10.0 Å². The summed E-state index contributed by atoms with van der Waals surface area (Å²) in [5.41, 5.74) is 1.01. The van der Waals surface area contributed by atoms with Gasteiger partial charge in [-0.2, -0.15) is 0 Å². The van der Waals surface area contributed by atoms with E-state index in [4.69, 9.17) is 0 Å². The maximum Gasteiger partial charge on any atom is 0.250 e. The van der Waals surface area contributed by atoms with Gasteiger partial charge in [0.15, 0.2) is 0 Å². The molecule has 0 saturated carbocycles. The van der Waals surface area contributed by atoms with E-state index in [9.17, 15) is 8.42 Å². The summed E-state index contributed by atoms with van der Waals surface area (Å²) in [6.07, 6.45) is 1.76. The van der Waals surface area contributed by atoms with Gasteiger partial charge in [0.05, 0.1) is 0 Å². The van der Waals surface area contributed by atoms with Crippen LogP contribution in [-0.2, 0) is 16.6 Å². The molecule has 7 heteroatoms. The van der Waals surface area contributed by atoms with Crippen LogP contribution in [-0.4, -0.2) is 46.5 Å². The summed E-state index contributed by atoms with van der Waals surface area (Å²) in [5, 5.41) is 4.91. The summed E-state index contributed by atoms with van der Waals surface area (Å²) in [7, 11) is 0.561. The Hall–Kier alpha value is -0.470. The quantitative estimate of drug-likeness (QED) is 0.846. The summed E-state index contributed by atoms with van der Waals surface area (Å²) >= 11 is 1.28. The zero-order chi connectivity index (χ0) is 13.9. The maximum absolute atomic E-state index is 12.3. The van der Waals surface area contributed by atoms with Gasteiger partial charge in [0.2, 0.25) is 10.0 Å². The van der Waals surface area contributed by atoms with E-state index in [1.165, 1.54) is 11.3 Å². The molecule has 2 heterocycles. The molecule has 1 aliphatic rings. The molecule has 19 heavy (non-hydrogen) atoms. The molecule has 0 aromatic carbocycles. The molecule has 1 fully saturated rings. The number of sulfonamides is 1. The molecule has 0 amide bonds. The molecule has 1 saturated heterocycles. The first kappa shape index (κ1) is 14.9. The maximum atomic E-state index is 12.3. The summed E-state index contributed by atoms with van der Waals surface area (Å²) in [4.78, 5) is 2.22. The number of likely N-dealkylation sites (tertiary alicyclic amines) is 1. The van der Waals surface area contributed by atoms with Gasteiger partial charge in [-0.3, -0.25) is 0 Å². The van der Waals surface area contributed by atoms with Crippen LogP contribution in [0.15, 0.2) is 15.7 Å². The second-order valence-corrected chi connectivity index (χ2v) is 7.86. The monoisotopic (exact) mass is 303 g/mol. The van der Waals surface area contributed by atoms with E-state index in [-0.39, 0.29) is 6.04 Å². The molecule has 1 aromatic rings. The molecule has 0 radical (unpaired) electrons. The molecule has 108 valence electrons. The van der Waals surface area contributed by atoms with E-state index in [1.807, 2.05) is 12.4 Å². The summed E-state index contributed by atoms with van der Waals surface area (Å²) in [6, 6.07) is 1.81. The molecule has 0 atom stereocenters. The lowest BCUT2D eigenvalue weighted by Crippen LogP contribution is -2.43. The Labute approximate surface area is 119 Å². The van der Waals surface area contributed by atoms with Gasteiger partial charge in [0.1, 0.15) is 4.21 Å². The van der Waals surface area contributed by atoms with E-state index in [0.29, 0.717) is 10.8 Å². The van der Waals surface area contributed by atoms with Gasteiger partial charge in [-0.1, -0.05) is 0 Å². The lowest BCUT2D eigenvalue weighted by molar-refractivity contribution is 0.248.